The molecule has 1 aliphatic rings. The Morgan fingerprint density at radius 1 is 1.33 bits per heavy atom. The maximum atomic E-state index is 12.1. The number of aromatic carboxylic acids is 1. The number of carboxylic acid groups (broad SMARTS) is 1. The molecular formula is C14H14N2O4S. The molecule has 0 saturated heterocycles. The third kappa shape index (κ3) is 2.44. The minimum absolute atomic E-state index is 0.199. The fraction of sp³-hybridized carbons (Fsp3) is 0.286. The van der Waals surface area contributed by atoms with Crippen LogP contribution in [0.15, 0.2) is 30.6 Å². The third-order valence-electron chi connectivity index (χ3n) is 3.57. The molecule has 1 aromatic heterocycles. The van der Waals surface area contributed by atoms with Gasteiger partial charge in [0.05, 0.1) is 23.2 Å². The van der Waals surface area contributed by atoms with Gasteiger partial charge in [-0.25, -0.2) is 13.2 Å². The topological polar surface area (TPSA) is 89.3 Å². The maximum Gasteiger partial charge on any atom is 0.335 e. The predicted molar refractivity (Wildman–Crippen MR) is 76.7 cm³/mol. The highest BCUT2D eigenvalue weighted by molar-refractivity contribution is 7.90. The highest BCUT2D eigenvalue weighted by Crippen LogP contribution is 2.30. The van der Waals surface area contributed by atoms with E-state index < -0.39 is 16.0 Å². The number of carbonyl (C=O) groups is 1. The summed E-state index contributed by atoms with van der Waals surface area (Å²) in [5.41, 5.74) is 2.08. The largest absolute Gasteiger partial charge is 0.478 e. The normalized spacial score (nSPS) is 15.1. The Balaban J connectivity index is 2.00. The average molecular weight is 306 g/mol. The Morgan fingerprint density at radius 3 is 2.67 bits per heavy atom. The molecule has 2 aromatic rings. The Kier molecular flexibility index (Phi) is 3.09. The zero-order valence-corrected chi connectivity index (χ0v) is 12.2. The van der Waals surface area contributed by atoms with E-state index >= 15 is 0 Å². The molecule has 0 unspecified atom stereocenters. The first-order valence-corrected chi connectivity index (χ1v) is 8.03. The van der Waals surface area contributed by atoms with Crippen molar-refractivity contribution < 1.29 is 18.3 Å². The van der Waals surface area contributed by atoms with Crippen molar-refractivity contribution in [3.63, 3.8) is 0 Å². The van der Waals surface area contributed by atoms with Gasteiger partial charge in [-0.15, -0.1) is 0 Å². The van der Waals surface area contributed by atoms with Gasteiger partial charge >= 0.3 is 5.97 Å². The van der Waals surface area contributed by atoms with E-state index in [0.717, 1.165) is 4.09 Å². The number of hydrogen-bond acceptors (Lipinski definition) is 4. The lowest BCUT2D eigenvalue weighted by Gasteiger charge is -2.04. The summed E-state index contributed by atoms with van der Waals surface area (Å²) >= 11 is 0. The summed E-state index contributed by atoms with van der Waals surface area (Å²) in [6, 6.07) is 4.99. The number of aromatic nitrogens is 2. The van der Waals surface area contributed by atoms with E-state index in [-0.39, 0.29) is 10.8 Å². The molecule has 0 amide bonds. The van der Waals surface area contributed by atoms with Gasteiger partial charge in [-0.05, 0) is 37.0 Å². The van der Waals surface area contributed by atoms with Gasteiger partial charge in [0.25, 0.3) is 10.0 Å². The van der Waals surface area contributed by atoms with Crippen molar-refractivity contribution in [2.45, 2.75) is 25.0 Å². The van der Waals surface area contributed by atoms with Crippen molar-refractivity contribution in [2.75, 3.05) is 0 Å². The number of aryl methyl sites for hydroxylation is 1. The van der Waals surface area contributed by atoms with Crippen LogP contribution in [0.1, 0.15) is 28.8 Å². The molecular weight excluding hydrogens is 292 g/mol. The molecule has 0 aliphatic heterocycles. The second-order valence-electron chi connectivity index (χ2n) is 5.18. The van der Waals surface area contributed by atoms with E-state index in [1.54, 1.807) is 19.1 Å². The van der Waals surface area contributed by atoms with Gasteiger partial charge in [-0.1, -0.05) is 12.1 Å². The molecule has 6 nitrogen and oxygen atoms in total. The summed E-state index contributed by atoms with van der Waals surface area (Å²) in [6.45, 7) is 1.72. The van der Waals surface area contributed by atoms with Crippen molar-refractivity contribution in [3.05, 3.63) is 41.7 Å². The number of rotatable bonds is 4. The van der Waals surface area contributed by atoms with Crippen LogP contribution < -0.4 is 0 Å². The number of carboxylic acids is 1. The lowest BCUT2D eigenvalue weighted by molar-refractivity contribution is 0.0696. The number of nitrogens with zero attached hydrogens (tertiary/aromatic N) is 2. The monoisotopic (exact) mass is 306 g/mol. The maximum absolute atomic E-state index is 12.1. The standard InChI is InChI=1S/C14H14N2O4S/c1-9-2-3-10(6-13(9)14(17)18)11-7-15-16(8-11)21(19,20)12-4-5-12/h2-3,6-8,12H,4-5H2,1H3,(H,17,18). The van der Waals surface area contributed by atoms with Gasteiger partial charge in [-0.2, -0.15) is 9.19 Å². The summed E-state index contributed by atoms with van der Waals surface area (Å²) in [4.78, 5) is 11.2. The second kappa shape index (κ2) is 4.70. The van der Waals surface area contributed by atoms with Crippen molar-refractivity contribution in [1.82, 2.24) is 9.19 Å². The number of hydrogen-bond donors (Lipinski definition) is 1. The average Bonchev–Trinajstić information content (AvgIpc) is 3.17. The summed E-state index contributed by atoms with van der Waals surface area (Å²) in [5.74, 6) is -1.01. The third-order valence-corrected chi connectivity index (χ3v) is 5.60. The molecule has 21 heavy (non-hydrogen) atoms. The molecule has 1 heterocycles. The molecule has 0 spiro atoms. The Hall–Kier alpha value is -2.15. The van der Waals surface area contributed by atoms with Crippen LogP contribution in [-0.4, -0.2) is 33.9 Å². The van der Waals surface area contributed by atoms with E-state index in [0.29, 0.717) is 29.5 Å². The van der Waals surface area contributed by atoms with Crippen LogP contribution in [-0.2, 0) is 10.0 Å². The van der Waals surface area contributed by atoms with Crippen molar-refractivity contribution in [1.29, 1.82) is 0 Å². The molecule has 3 rings (SSSR count). The predicted octanol–water partition coefficient (Wildman–Crippen LogP) is 1.90. The Morgan fingerprint density at radius 2 is 2.05 bits per heavy atom. The molecule has 110 valence electrons. The molecule has 0 atom stereocenters. The molecule has 1 N–H and O–H groups in total. The summed E-state index contributed by atoms with van der Waals surface area (Å²) < 4.78 is 25.1. The van der Waals surface area contributed by atoms with E-state index in [4.69, 9.17) is 5.11 Å². The van der Waals surface area contributed by atoms with E-state index in [2.05, 4.69) is 5.10 Å². The van der Waals surface area contributed by atoms with Crippen LogP contribution in [0, 0.1) is 6.92 Å². The van der Waals surface area contributed by atoms with Gasteiger partial charge < -0.3 is 5.11 Å². The lowest BCUT2D eigenvalue weighted by atomic mass is 10.0. The van der Waals surface area contributed by atoms with Crippen LogP contribution in [0.2, 0.25) is 0 Å². The van der Waals surface area contributed by atoms with E-state index in [9.17, 15) is 13.2 Å². The smallest absolute Gasteiger partial charge is 0.335 e. The van der Waals surface area contributed by atoms with Crippen LogP contribution in [0.5, 0.6) is 0 Å². The fourth-order valence-corrected chi connectivity index (χ4v) is 3.62. The highest BCUT2D eigenvalue weighted by atomic mass is 32.2. The van der Waals surface area contributed by atoms with E-state index in [1.807, 2.05) is 0 Å². The minimum atomic E-state index is -3.40. The Bertz CT molecular complexity index is 819. The SMILES string of the molecule is Cc1ccc(-c2cnn(S(=O)(=O)C3CC3)c2)cc1C(=O)O. The van der Waals surface area contributed by atoms with Crippen LogP contribution in [0.3, 0.4) is 0 Å². The lowest BCUT2D eigenvalue weighted by Crippen LogP contribution is -2.17. The zero-order chi connectivity index (χ0) is 15.2. The first-order chi connectivity index (χ1) is 9.89. The minimum Gasteiger partial charge on any atom is -0.478 e. The van der Waals surface area contributed by atoms with Crippen molar-refractivity contribution in [2.24, 2.45) is 0 Å². The van der Waals surface area contributed by atoms with Crippen molar-refractivity contribution >= 4 is 16.0 Å². The van der Waals surface area contributed by atoms with Gasteiger partial charge in [0.1, 0.15) is 0 Å². The first-order valence-electron chi connectivity index (χ1n) is 6.53. The van der Waals surface area contributed by atoms with E-state index in [1.165, 1.54) is 18.5 Å². The van der Waals surface area contributed by atoms with Gasteiger partial charge in [-0.3, -0.25) is 0 Å². The molecule has 7 heteroatoms. The fourth-order valence-electron chi connectivity index (χ4n) is 2.14. The van der Waals surface area contributed by atoms with Gasteiger partial charge in [0, 0.05) is 5.56 Å². The van der Waals surface area contributed by atoms with Crippen LogP contribution in [0.4, 0.5) is 0 Å². The molecule has 1 saturated carbocycles. The highest BCUT2D eigenvalue weighted by Gasteiger charge is 2.37. The van der Waals surface area contributed by atoms with Gasteiger partial charge in [0.15, 0.2) is 0 Å². The molecule has 1 aliphatic carbocycles. The Labute approximate surface area is 122 Å². The van der Waals surface area contributed by atoms with Crippen LogP contribution in [0.25, 0.3) is 11.1 Å². The summed E-state index contributed by atoms with van der Waals surface area (Å²) in [7, 11) is -3.40. The van der Waals surface area contributed by atoms with Crippen molar-refractivity contribution in [3.8, 4) is 11.1 Å². The summed E-state index contributed by atoms with van der Waals surface area (Å²) in [6.07, 6.45) is 4.22. The molecule has 0 radical (unpaired) electrons. The quantitative estimate of drug-likeness (QED) is 0.931. The molecule has 1 fully saturated rings. The van der Waals surface area contributed by atoms with Crippen LogP contribution >= 0.6 is 0 Å². The summed E-state index contributed by atoms with van der Waals surface area (Å²) in [5, 5.41) is 12.7. The second-order valence-corrected chi connectivity index (χ2v) is 7.25. The van der Waals surface area contributed by atoms with Gasteiger partial charge in [0.2, 0.25) is 0 Å². The zero-order valence-electron chi connectivity index (χ0n) is 11.4. The first kappa shape index (κ1) is 13.8. The number of benzene rings is 1. The molecule has 1 aromatic carbocycles. The molecule has 0 bridgehead atoms.